The van der Waals surface area contributed by atoms with Crippen molar-refractivity contribution in [1.82, 2.24) is 14.6 Å². The van der Waals surface area contributed by atoms with E-state index in [1.165, 1.54) is 0 Å². The number of aromatic nitrogens is 3. The second-order valence-electron chi connectivity index (χ2n) is 4.17. The molecule has 3 rings (SSSR count). The van der Waals surface area contributed by atoms with Gasteiger partial charge < -0.3 is 5.73 Å². The maximum absolute atomic E-state index is 5.92. The van der Waals surface area contributed by atoms with Crippen molar-refractivity contribution in [2.24, 2.45) is 0 Å². The molecule has 0 radical (unpaired) electrons. The molecular weight excluding hydrogens is 248 g/mol. The monoisotopic (exact) mass is 258 g/mol. The fourth-order valence-electron chi connectivity index (χ4n) is 1.84. The zero-order valence-corrected chi connectivity index (χ0v) is 10.5. The minimum absolute atomic E-state index is 0.697. The fraction of sp³-hybridized carbons (Fsp3) is 0.0769. The van der Waals surface area contributed by atoms with Gasteiger partial charge in [0.25, 0.3) is 0 Å². The van der Waals surface area contributed by atoms with Crippen molar-refractivity contribution in [3.63, 3.8) is 0 Å². The molecule has 0 aliphatic carbocycles. The number of pyridine rings is 1. The number of halogens is 1. The molecule has 0 unspecified atom stereocenters. The van der Waals surface area contributed by atoms with Crippen LogP contribution in [0.1, 0.15) is 5.56 Å². The molecule has 5 heteroatoms. The minimum Gasteiger partial charge on any atom is -0.397 e. The second-order valence-corrected chi connectivity index (χ2v) is 4.61. The Morgan fingerprint density at radius 1 is 1.17 bits per heavy atom. The summed E-state index contributed by atoms with van der Waals surface area (Å²) in [5.74, 6) is 0.758. The van der Waals surface area contributed by atoms with E-state index in [-0.39, 0.29) is 0 Å². The number of fused-ring (bicyclic) bond motifs is 1. The van der Waals surface area contributed by atoms with Gasteiger partial charge in [-0.2, -0.15) is 0 Å². The molecule has 0 spiro atoms. The number of hydrogen-bond donors (Lipinski definition) is 1. The number of nitrogens with two attached hydrogens (primary N) is 1. The van der Waals surface area contributed by atoms with Gasteiger partial charge >= 0.3 is 0 Å². The van der Waals surface area contributed by atoms with Gasteiger partial charge in [0.05, 0.1) is 5.69 Å². The van der Waals surface area contributed by atoms with Crippen molar-refractivity contribution in [1.29, 1.82) is 0 Å². The van der Waals surface area contributed by atoms with Crippen LogP contribution in [0.3, 0.4) is 0 Å². The summed E-state index contributed by atoms with van der Waals surface area (Å²) < 4.78 is 1.88. The summed E-state index contributed by atoms with van der Waals surface area (Å²) in [5, 5.41) is 9.03. The summed E-state index contributed by atoms with van der Waals surface area (Å²) in [6.07, 6.45) is 1.84. The standard InChI is InChI=1S/C13H11ClN4/c1-8-6-12-16-17-13(18(12)7-11(8)15)9-2-4-10(14)5-3-9/h2-7H,15H2,1H3. The molecule has 0 aliphatic heterocycles. The van der Waals surface area contributed by atoms with E-state index in [1.807, 2.05) is 47.9 Å². The van der Waals surface area contributed by atoms with Crippen molar-refractivity contribution < 1.29 is 0 Å². The van der Waals surface area contributed by atoms with E-state index in [4.69, 9.17) is 17.3 Å². The van der Waals surface area contributed by atoms with Crippen molar-refractivity contribution in [2.75, 3.05) is 5.73 Å². The summed E-state index contributed by atoms with van der Waals surface area (Å²) in [6.45, 7) is 1.95. The fourth-order valence-corrected chi connectivity index (χ4v) is 1.97. The lowest BCUT2D eigenvalue weighted by Crippen LogP contribution is -1.96. The first-order valence-corrected chi connectivity index (χ1v) is 5.90. The van der Waals surface area contributed by atoms with Crippen LogP contribution >= 0.6 is 11.6 Å². The molecule has 0 aliphatic rings. The molecule has 1 aromatic carbocycles. The lowest BCUT2D eigenvalue weighted by Gasteiger charge is -2.03. The van der Waals surface area contributed by atoms with Crippen LogP contribution in [-0.4, -0.2) is 14.6 Å². The molecule has 90 valence electrons. The number of benzene rings is 1. The van der Waals surface area contributed by atoms with E-state index < -0.39 is 0 Å². The van der Waals surface area contributed by atoms with Crippen LogP contribution in [0.5, 0.6) is 0 Å². The van der Waals surface area contributed by atoms with Crippen LogP contribution in [0, 0.1) is 6.92 Å². The third-order valence-electron chi connectivity index (χ3n) is 2.89. The predicted molar refractivity (Wildman–Crippen MR) is 72.6 cm³/mol. The first-order valence-electron chi connectivity index (χ1n) is 5.52. The zero-order valence-electron chi connectivity index (χ0n) is 9.76. The largest absolute Gasteiger partial charge is 0.397 e. The molecule has 0 bridgehead atoms. The van der Waals surface area contributed by atoms with Crippen molar-refractivity contribution in [3.05, 3.63) is 47.1 Å². The maximum atomic E-state index is 5.92. The van der Waals surface area contributed by atoms with Gasteiger partial charge in [-0.1, -0.05) is 11.6 Å². The first kappa shape index (κ1) is 11.0. The number of aryl methyl sites for hydroxylation is 1. The lowest BCUT2D eigenvalue weighted by atomic mass is 10.2. The average Bonchev–Trinajstić information content (AvgIpc) is 2.74. The van der Waals surface area contributed by atoms with Crippen LogP contribution in [0.25, 0.3) is 17.0 Å². The number of rotatable bonds is 1. The van der Waals surface area contributed by atoms with Gasteiger partial charge in [0.1, 0.15) is 0 Å². The summed E-state index contributed by atoms with van der Waals surface area (Å²) in [4.78, 5) is 0. The van der Waals surface area contributed by atoms with Gasteiger partial charge in [-0.05, 0) is 42.8 Å². The normalized spacial score (nSPS) is 11.0. The lowest BCUT2D eigenvalue weighted by molar-refractivity contribution is 1.11. The number of hydrogen-bond acceptors (Lipinski definition) is 3. The number of nitrogen functional groups attached to an aromatic ring is 1. The zero-order chi connectivity index (χ0) is 12.7. The molecular formula is C13H11ClN4. The number of nitrogens with zero attached hydrogens (tertiary/aromatic N) is 3. The Bertz CT molecular complexity index is 716. The SMILES string of the molecule is Cc1cc2nnc(-c3ccc(Cl)cc3)n2cc1N. The highest BCUT2D eigenvalue weighted by atomic mass is 35.5. The quantitative estimate of drug-likeness (QED) is 0.730. The Balaban J connectivity index is 2.23. The Labute approximate surface area is 109 Å². The molecule has 0 saturated heterocycles. The molecule has 4 nitrogen and oxygen atoms in total. The van der Waals surface area contributed by atoms with Gasteiger partial charge in [-0.3, -0.25) is 4.40 Å². The minimum atomic E-state index is 0.697. The Hall–Kier alpha value is -2.07. The summed E-state index contributed by atoms with van der Waals surface area (Å²) in [6, 6.07) is 9.40. The van der Waals surface area contributed by atoms with E-state index in [0.717, 1.165) is 28.3 Å². The van der Waals surface area contributed by atoms with E-state index >= 15 is 0 Å². The maximum Gasteiger partial charge on any atom is 0.168 e. The second kappa shape index (κ2) is 3.99. The highest BCUT2D eigenvalue weighted by Crippen LogP contribution is 2.22. The topological polar surface area (TPSA) is 56.2 Å². The van der Waals surface area contributed by atoms with Gasteiger partial charge in [0.15, 0.2) is 11.5 Å². The van der Waals surface area contributed by atoms with Crippen LogP contribution < -0.4 is 5.73 Å². The molecule has 0 fully saturated rings. The van der Waals surface area contributed by atoms with E-state index in [9.17, 15) is 0 Å². The van der Waals surface area contributed by atoms with Crippen molar-refractivity contribution >= 4 is 22.9 Å². The van der Waals surface area contributed by atoms with Crippen LogP contribution in [0.4, 0.5) is 5.69 Å². The van der Waals surface area contributed by atoms with Crippen LogP contribution in [0.15, 0.2) is 36.5 Å². The first-order chi connectivity index (χ1) is 8.65. The summed E-state index contributed by atoms with van der Waals surface area (Å²) in [7, 11) is 0. The third-order valence-corrected chi connectivity index (χ3v) is 3.15. The molecule has 2 N–H and O–H groups in total. The van der Waals surface area contributed by atoms with E-state index in [1.54, 1.807) is 0 Å². The Morgan fingerprint density at radius 3 is 2.61 bits per heavy atom. The summed E-state index contributed by atoms with van der Waals surface area (Å²) in [5.41, 5.74) is 9.37. The predicted octanol–water partition coefficient (Wildman–Crippen LogP) is 2.94. The van der Waals surface area contributed by atoms with Gasteiger partial charge in [-0.15, -0.1) is 10.2 Å². The Kier molecular flexibility index (Phi) is 2.45. The van der Waals surface area contributed by atoms with Gasteiger partial charge in [-0.25, -0.2) is 0 Å². The van der Waals surface area contributed by atoms with Crippen molar-refractivity contribution in [3.8, 4) is 11.4 Å². The van der Waals surface area contributed by atoms with Gasteiger partial charge in [0, 0.05) is 16.8 Å². The smallest absolute Gasteiger partial charge is 0.168 e. The molecule has 0 saturated carbocycles. The van der Waals surface area contributed by atoms with Crippen molar-refractivity contribution in [2.45, 2.75) is 6.92 Å². The molecule has 0 amide bonds. The van der Waals surface area contributed by atoms with Crippen LogP contribution in [-0.2, 0) is 0 Å². The van der Waals surface area contributed by atoms with E-state index in [2.05, 4.69) is 10.2 Å². The molecule has 0 atom stereocenters. The Morgan fingerprint density at radius 2 is 1.89 bits per heavy atom. The van der Waals surface area contributed by atoms with E-state index in [0.29, 0.717) is 5.02 Å². The van der Waals surface area contributed by atoms with Gasteiger partial charge in [0.2, 0.25) is 0 Å². The molecule has 18 heavy (non-hydrogen) atoms. The third kappa shape index (κ3) is 1.71. The molecule has 3 aromatic rings. The summed E-state index contributed by atoms with van der Waals surface area (Å²) >= 11 is 5.87. The van der Waals surface area contributed by atoms with Crippen LogP contribution in [0.2, 0.25) is 5.02 Å². The average molecular weight is 259 g/mol. The molecule has 2 heterocycles. The highest BCUT2D eigenvalue weighted by molar-refractivity contribution is 6.30. The number of anilines is 1. The molecule has 2 aromatic heterocycles. The highest BCUT2D eigenvalue weighted by Gasteiger charge is 2.09.